The van der Waals surface area contributed by atoms with Gasteiger partial charge >= 0.3 is 378 Å². The van der Waals surface area contributed by atoms with Gasteiger partial charge in [-0.2, -0.15) is 0 Å². The summed E-state index contributed by atoms with van der Waals surface area (Å²) in [5, 5.41) is 11.8. The monoisotopic (exact) mass is 1130 g/mol. The Morgan fingerprint density at radius 1 is 0.418 bits per heavy atom. The molecule has 0 amide bonds. The van der Waals surface area contributed by atoms with E-state index >= 15 is 0 Å². The minimum absolute atomic E-state index is 0.430. The summed E-state index contributed by atoms with van der Waals surface area (Å²) in [6.45, 7) is 7.25. The molecule has 0 saturated carbocycles. The molecule has 79 heavy (non-hydrogen) atoms. The van der Waals surface area contributed by atoms with Crippen molar-refractivity contribution in [2.24, 2.45) is 14.1 Å². The van der Waals surface area contributed by atoms with Gasteiger partial charge in [0.25, 0.3) is 0 Å². The summed E-state index contributed by atoms with van der Waals surface area (Å²) in [5.41, 5.74) is 19.4. The van der Waals surface area contributed by atoms with Gasteiger partial charge in [-0.25, -0.2) is 0 Å². The molecule has 382 valence electrons. The number of anilines is 6. The van der Waals surface area contributed by atoms with Crippen LogP contribution in [0.5, 0.6) is 0 Å². The van der Waals surface area contributed by atoms with Crippen molar-refractivity contribution in [1.29, 1.82) is 0 Å². The third-order valence-corrected chi connectivity index (χ3v) is 22.6. The maximum absolute atomic E-state index is 7.02. The molecule has 6 nitrogen and oxygen atoms in total. The fourth-order valence-corrected chi connectivity index (χ4v) is 16.2. The van der Waals surface area contributed by atoms with E-state index < -0.39 is 25.2 Å². The first-order valence-corrected chi connectivity index (χ1v) is 32.1. The summed E-state index contributed by atoms with van der Waals surface area (Å²) in [4.78, 5) is 7.51. The molecule has 1 aliphatic rings. The molecule has 4 aromatic heterocycles. The number of fused-ring (bicyclic) bond motifs is 17. The first-order valence-electron chi connectivity index (χ1n) is 27.3. The zero-order valence-corrected chi connectivity index (χ0v) is 47.1. The van der Waals surface area contributed by atoms with Gasteiger partial charge in [0.1, 0.15) is 5.58 Å². The van der Waals surface area contributed by atoms with Gasteiger partial charge in [-0.05, 0) is 12.1 Å². The van der Waals surface area contributed by atoms with E-state index in [1.165, 1.54) is 84.6 Å². The summed E-state index contributed by atoms with van der Waals surface area (Å²) in [7, 11) is 4.42. The summed E-state index contributed by atoms with van der Waals surface area (Å²) >= 11 is -1.48. The molecule has 4 heterocycles. The molecule has 0 bridgehead atoms. The van der Waals surface area contributed by atoms with E-state index in [4.69, 9.17) is 8.83 Å². The Morgan fingerprint density at radius 2 is 0.911 bits per heavy atom. The standard InChI is InChI=1S/C72H55IN4O2/c1-7-73(4)43-36-38-47-55(40-43)67-54-39-37-44(76(62-32-18-26-52-48-22-10-14-34-65(48)78-70(52)62)60-30-16-24-50-45-20-8-12-28-58(45)74(5)68(50)60)41-56(54)72(2,3)57(67)42-64(47)77(63-33-19-27-53-49-23-11-15-35-66(49)79-71(53)63)61-31-17-25-51-46-21-9-13-29-59(46)75(6)69(51)61/h8-42H,7H2,1-6H3. The van der Waals surface area contributed by atoms with Gasteiger partial charge in [0.2, 0.25) is 0 Å². The van der Waals surface area contributed by atoms with Crippen molar-refractivity contribution in [3.8, 4) is 11.1 Å². The van der Waals surface area contributed by atoms with Crippen molar-refractivity contribution in [2.75, 3.05) is 19.2 Å². The molecule has 11 aromatic carbocycles. The van der Waals surface area contributed by atoms with Crippen molar-refractivity contribution in [1.82, 2.24) is 9.13 Å². The van der Waals surface area contributed by atoms with Crippen molar-refractivity contribution in [3.05, 3.63) is 227 Å². The molecule has 0 saturated heterocycles. The zero-order valence-electron chi connectivity index (χ0n) is 44.9. The molecule has 1 aliphatic carbocycles. The van der Waals surface area contributed by atoms with E-state index in [0.29, 0.717) is 0 Å². The van der Waals surface area contributed by atoms with Crippen LogP contribution < -0.4 is 9.80 Å². The van der Waals surface area contributed by atoms with Crippen molar-refractivity contribution < 1.29 is 8.83 Å². The number of halogens is 1. The third-order valence-electron chi connectivity index (χ3n) is 17.5. The van der Waals surface area contributed by atoms with Crippen LogP contribution in [0.1, 0.15) is 31.9 Å². The Morgan fingerprint density at radius 3 is 1.49 bits per heavy atom. The number of para-hydroxylation sites is 8. The van der Waals surface area contributed by atoms with Gasteiger partial charge in [-0.15, -0.1) is 0 Å². The zero-order chi connectivity index (χ0) is 53.0. The van der Waals surface area contributed by atoms with Crippen LogP contribution >= 0.6 is 19.8 Å². The predicted octanol–water partition coefficient (Wildman–Crippen LogP) is 20.5. The molecule has 0 N–H and O–H groups in total. The fraction of sp³-hybridized carbons (Fsp3) is 0.111. The number of aromatic nitrogens is 2. The van der Waals surface area contributed by atoms with Crippen LogP contribution in [0.3, 0.4) is 0 Å². The number of aryl methyl sites for hydroxylation is 2. The number of furan rings is 2. The van der Waals surface area contributed by atoms with Gasteiger partial charge in [-0.1, -0.05) is 48.5 Å². The second-order valence-corrected chi connectivity index (χ2v) is 28.0. The van der Waals surface area contributed by atoms with Gasteiger partial charge in [0.05, 0.1) is 0 Å². The number of rotatable bonds is 8. The number of alkyl halides is 2. The van der Waals surface area contributed by atoms with Gasteiger partial charge in [0.15, 0.2) is 0 Å². The Labute approximate surface area is 464 Å². The van der Waals surface area contributed by atoms with E-state index in [-0.39, 0.29) is 0 Å². The van der Waals surface area contributed by atoms with E-state index in [1.807, 2.05) is 0 Å². The summed E-state index contributed by atoms with van der Waals surface area (Å²) in [5.74, 6) is 0. The van der Waals surface area contributed by atoms with Crippen molar-refractivity contribution in [3.63, 3.8) is 0 Å². The Kier molecular flexibility index (Phi) is 10.0. The van der Waals surface area contributed by atoms with E-state index in [9.17, 15) is 0 Å². The quantitative estimate of drug-likeness (QED) is 0.112. The molecule has 0 unspecified atom stereocenters. The Balaban J connectivity index is 0.977. The molecule has 0 aliphatic heterocycles. The van der Waals surface area contributed by atoms with Gasteiger partial charge < -0.3 is 0 Å². The number of benzene rings is 11. The second-order valence-electron chi connectivity index (χ2n) is 21.9. The van der Waals surface area contributed by atoms with Gasteiger partial charge in [-0.3, -0.25) is 0 Å². The summed E-state index contributed by atoms with van der Waals surface area (Å²) < 4.78 is 21.4. The third kappa shape index (κ3) is 6.51. The SMILES string of the molecule is CCI(C)c1ccc2c(N(c3cccc4c3oc3ccccc34)c3cccc4c5ccccc5n(C)c34)cc3c(c2c1)-c1ccc(N(c2cccc4c2oc2ccccc24)c2cccc4c5ccccc5n(C)c24)cc1C3(C)C. The molecule has 0 fully saturated rings. The fourth-order valence-electron chi connectivity index (χ4n) is 13.7. The molecule has 15 aromatic rings. The molecular formula is C72H55IN4O2. The van der Waals surface area contributed by atoms with Gasteiger partial charge in [0, 0.05) is 23.3 Å². The van der Waals surface area contributed by atoms with Crippen LogP contribution in [-0.4, -0.2) is 18.5 Å². The molecule has 16 rings (SSSR count). The van der Waals surface area contributed by atoms with Crippen LogP contribution in [0.15, 0.2) is 221 Å². The van der Waals surface area contributed by atoms with E-state index in [0.717, 1.165) is 78.0 Å². The molecule has 0 atom stereocenters. The van der Waals surface area contributed by atoms with Crippen molar-refractivity contribution >= 4 is 152 Å². The summed E-state index contributed by atoms with van der Waals surface area (Å²) in [6, 6.07) is 78.5. The van der Waals surface area contributed by atoms with Crippen LogP contribution in [0.4, 0.5) is 34.1 Å². The average molecular weight is 1140 g/mol. The first kappa shape index (κ1) is 46.3. The Hall–Kier alpha value is -8.79. The van der Waals surface area contributed by atoms with Crippen molar-refractivity contribution in [2.45, 2.75) is 26.2 Å². The minimum atomic E-state index is -1.48. The first-order chi connectivity index (χ1) is 38.7. The van der Waals surface area contributed by atoms with Crippen LogP contribution in [0.25, 0.3) is 109 Å². The van der Waals surface area contributed by atoms with Crippen LogP contribution in [0, 0.1) is 3.57 Å². The summed E-state index contributed by atoms with van der Waals surface area (Å²) in [6.07, 6.45) is 0. The number of hydrogen-bond donors (Lipinski definition) is 0. The molecular weight excluding hydrogens is 1080 g/mol. The number of nitrogens with zero attached hydrogens (tertiary/aromatic N) is 4. The van der Waals surface area contributed by atoms with Crippen LogP contribution in [-0.2, 0) is 19.5 Å². The molecule has 0 radical (unpaired) electrons. The maximum atomic E-state index is 7.02. The number of hydrogen-bond acceptors (Lipinski definition) is 4. The molecule has 7 heteroatoms. The normalized spacial score (nSPS) is 13.3. The second kappa shape index (κ2) is 17.1. The predicted molar refractivity (Wildman–Crippen MR) is 343 cm³/mol. The van der Waals surface area contributed by atoms with E-state index in [2.05, 4.69) is 271 Å². The van der Waals surface area contributed by atoms with Crippen LogP contribution in [0.2, 0.25) is 0 Å². The van der Waals surface area contributed by atoms with E-state index in [1.54, 1.807) is 0 Å². The Bertz CT molecular complexity index is 5070. The topological polar surface area (TPSA) is 42.6 Å². The average Bonchev–Trinajstić information content (AvgIpc) is 4.32. The molecule has 0 spiro atoms.